The largest absolute Gasteiger partial charge is 0.395 e. The average molecular weight is 305 g/mol. The summed E-state index contributed by atoms with van der Waals surface area (Å²) in [6, 6.07) is 22.0. The normalized spacial score (nSPS) is 11.2. The van der Waals surface area contributed by atoms with Gasteiger partial charge in [0.15, 0.2) is 0 Å². The molecule has 0 bridgehead atoms. The quantitative estimate of drug-likeness (QED) is 0.695. The molecule has 0 heterocycles. The number of aliphatic hydroxyl groups is 1. The number of fused-ring (bicyclic) bond motifs is 1. The van der Waals surface area contributed by atoms with Crippen LogP contribution in [0.2, 0.25) is 0 Å². The van der Waals surface area contributed by atoms with E-state index in [1.54, 1.807) is 0 Å². The van der Waals surface area contributed by atoms with E-state index in [1.165, 1.54) is 0 Å². The zero-order chi connectivity index (χ0) is 16.1. The Hall–Kier alpha value is -2.72. The first kappa shape index (κ1) is 15.2. The van der Waals surface area contributed by atoms with Crippen LogP contribution in [0.4, 0.5) is 17.1 Å². The van der Waals surface area contributed by atoms with Crippen molar-refractivity contribution in [1.82, 2.24) is 0 Å². The zero-order valence-corrected chi connectivity index (χ0v) is 13.1. The summed E-state index contributed by atoms with van der Waals surface area (Å²) in [5, 5.41) is 19.9. The van der Waals surface area contributed by atoms with Crippen LogP contribution in [0.15, 0.2) is 77.0 Å². The molecule has 0 radical (unpaired) electrons. The molecule has 0 aromatic heterocycles. The van der Waals surface area contributed by atoms with E-state index in [0.717, 1.165) is 27.8 Å². The first-order valence-corrected chi connectivity index (χ1v) is 7.59. The molecular formula is C19H19N3O. The van der Waals surface area contributed by atoms with Crippen molar-refractivity contribution in [1.29, 1.82) is 0 Å². The fourth-order valence-electron chi connectivity index (χ4n) is 2.46. The van der Waals surface area contributed by atoms with Crippen molar-refractivity contribution in [2.75, 3.05) is 25.1 Å². The van der Waals surface area contributed by atoms with Crippen LogP contribution in [0.25, 0.3) is 10.8 Å². The van der Waals surface area contributed by atoms with Crippen LogP contribution >= 0.6 is 0 Å². The summed E-state index contributed by atoms with van der Waals surface area (Å²) >= 11 is 0. The molecule has 0 saturated heterocycles. The van der Waals surface area contributed by atoms with Gasteiger partial charge in [0.25, 0.3) is 0 Å². The van der Waals surface area contributed by atoms with Crippen molar-refractivity contribution in [2.45, 2.75) is 0 Å². The molecular weight excluding hydrogens is 286 g/mol. The molecule has 0 atom stereocenters. The van der Waals surface area contributed by atoms with Crippen molar-refractivity contribution < 1.29 is 5.11 Å². The molecule has 0 aliphatic rings. The number of nitrogens with zero attached hydrogens (tertiary/aromatic N) is 3. The molecule has 23 heavy (non-hydrogen) atoms. The molecule has 0 saturated carbocycles. The number of likely N-dealkylation sites (N-methyl/N-ethyl adjacent to an activating group) is 1. The highest BCUT2D eigenvalue weighted by molar-refractivity contribution is 5.92. The highest BCUT2D eigenvalue weighted by Crippen LogP contribution is 2.28. The number of anilines is 1. The van der Waals surface area contributed by atoms with Crippen LogP contribution in [0.5, 0.6) is 0 Å². The van der Waals surface area contributed by atoms with Crippen LogP contribution in [0, 0.1) is 0 Å². The van der Waals surface area contributed by atoms with Gasteiger partial charge in [0.1, 0.15) is 0 Å². The van der Waals surface area contributed by atoms with E-state index in [0.29, 0.717) is 6.54 Å². The first-order valence-electron chi connectivity index (χ1n) is 7.59. The Labute approximate surface area is 135 Å². The third-order valence-electron chi connectivity index (χ3n) is 3.77. The summed E-state index contributed by atoms with van der Waals surface area (Å²) < 4.78 is 0. The Balaban J connectivity index is 1.82. The molecule has 1 N–H and O–H groups in total. The molecule has 0 spiro atoms. The summed E-state index contributed by atoms with van der Waals surface area (Å²) in [6.45, 7) is 0.746. The second kappa shape index (κ2) is 7.03. The second-order valence-electron chi connectivity index (χ2n) is 5.36. The van der Waals surface area contributed by atoms with Gasteiger partial charge in [-0.3, -0.25) is 0 Å². The highest BCUT2D eigenvalue weighted by Gasteiger charge is 2.01. The van der Waals surface area contributed by atoms with Gasteiger partial charge in [0.2, 0.25) is 0 Å². The van der Waals surface area contributed by atoms with Crippen molar-refractivity contribution in [3.05, 3.63) is 66.7 Å². The van der Waals surface area contributed by atoms with Gasteiger partial charge in [-0.05, 0) is 35.7 Å². The number of hydrogen-bond donors (Lipinski definition) is 1. The lowest BCUT2D eigenvalue weighted by Gasteiger charge is -2.17. The average Bonchev–Trinajstić information content (AvgIpc) is 2.60. The van der Waals surface area contributed by atoms with E-state index in [4.69, 9.17) is 5.11 Å². The summed E-state index contributed by atoms with van der Waals surface area (Å²) in [7, 11) is 1.95. The number of hydrogen-bond acceptors (Lipinski definition) is 4. The van der Waals surface area contributed by atoms with E-state index in [1.807, 2.05) is 60.5 Å². The minimum atomic E-state index is 0.138. The van der Waals surface area contributed by atoms with Gasteiger partial charge in [-0.15, -0.1) is 5.11 Å². The van der Waals surface area contributed by atoms with Crippen LogP contribution in [0.3, 0.4) is 0 Å². The molecule has 3 aromatic rings. The molecule has 3 rings (SSSR count). The molecule has 3 aromatic carbocycles. The fourth-order valence-corrected chi connectivity index (χ4v) is 2.46. The molecule has 0 aliphatic carbocycles. The van der Waals surface area contributed by atoms with E-state index in [-0.39, 0.29) is 6.61 Å². The summed E-state index contributed by atoms with van der Waals surface area (Å²) in [4.78, 5) is 1.99. The Morgan fingerprint density at radius 1 is 0.870 bits per heavy atom. The van der Waals surface area contributed by atoms with Gasteiger partial charge in [-0.1, -0.05) is 36.4 Å². The number of benzene rings is 3. The lowest BCUT2D eigenvalue weighted by molar-refractivity contribution is 0.304. The topological polar surface area (TPSA) is 48.2 Å². The third kappa shape index (κ3) is 3.55. The smallest absolute Gasteiger partial charge is 0.0935 e. The van der Waals surface area contributed by atoms with Crippen molar-refractivity contribution in [2.24, 2.45) is 10.2 Å². The van der Waals surface area contributed by atoms with Crippen molar-refractivity contribution in [3.63, 3.8) is 0 Å². The molecule has 0 unspecified atom stereocenters. The fraction of sp³-hybridized carbons (Fsp3) is 0.158. The van der Waals surface area contributed by atoms with Crippen LogP contribution in [-0.2, 0) is 0 Å². The van der Waals surface area contributed by atoms with Gasteiger partial charge >= 0.3 is 0 Å². The maximum absolute atomic E-state index is 8.97. The molecule has 0 fully saturated rings. The van der Waals surface area contributed by atoms with Crippen LogP contribution in [-0.4, -0.2) is 25.3 Å². The minimum absolute atomic E-state index is 0.138. The number of aliphatic hydroxyl groups excluding tert-OH is 1. The molecule has 4 nitrogen and oxygen atoms in total. The van der Waals surface area contributed by atoms with E-state index in [9.17, 15) is 0 Å². The van der Waals surface area contributed by atoms with Gasteiger partial charge in [0.05, 0.1) is 18.0 Å². The number of azo groups is 1. The van der Waals surface area contributed by atoms with E-state index >= 15 is 0 Å². The molecule has 0 aliphatic heterocycles. The predicted octanol–water partition coefficient (Wildman–Crippen LogP) is 4.68. The Morgan fingerprint density at radius 3 is 2.39 bits per heavy atom. The van der Waals surface area contributed by atoms with Crippen LogP contribution < -0.4 is 4.90 Å². The van der Waals surface area contributed by atoms with Crippen LogP contribution in [0.1, 0.15) is 0 Å². The minimum Gasteiger partial charge on any atom is -0.395 e. The van der Waals surface area contributed by atoms with Crippen molar-refractivity contribution in [3.8, 4) is 0 Å². The lowest BCUT2D eigenvalue weighted by atomic mass is 10.1. The van der Waals surface area contributed by atoms with E-state index < -0.39 is 0 Å². The van der Waals surface area contributed by atoms with Gasteiger partial charge in [0, 0.05) is 24.7 Å². The first-order chi connectivity index (χ1) is 11.3. The van der Waals surface area contributed by atoms with Gasteiger partial charge in [-0.2, -0.15) is 5.11 Å². The molecule has 0 amide bonds. The monoisotopic (exact) mass is 305 g/mol. The second-order valence-corrected chi connectivity index (χ2v) is 5.36. The Kier molecular flexibility index (Phi) is 4.64. The number of rotatable bonds is 5. The third-order valence-corrected chi connectivity index (χ3v) is 3.77. The standard InChI is InChI=1S/C19H19N3O/c1-22(13-14-23)17-11-9-16(10-12-17)20-21-19-8-4-6-15-5-2-3-7-18(15)19/h2-12,23H,13-14H2,1H3. The Morgan fingerprint density at radius 2 is 1.61 bits per heavy atom. The zero-order valence-electron chi connectivity index (χ0n) is 13.1. The highest BCUT2D eigenvalue weighted by atomic mass is 16.3. The van der Waals surface area contributed by atoms with Crippen molar-refractivity contribution >= 4 is 27.8 Å². The lowest BCUT2D eigenvalue weighted by Crippen LogP contribution is -2.20. The summed E-state index contributed by atoms with van der Waals surface area (Å²) in [5.41, 5.74) is 2.71. The molecule has 4 heteroatoms. The predicted molar refractivity (Wildman–Crippen MR) is 94.9 cm³/mol. The maximum atomic E-state index is 8.97. The molecule has 116 valence electrons. The van der Waals surface area contributed by atoms with Gasteiger partial charge in [-0.25, -0.2) is 0 Å². The summed E-state index contributed by atoms with van der Waals surface area (Å²) in [6.07, 6.45) is 0. The van der Waals surface area contributed by atoms with E-state index in [2.05, 4.69) is 28.4 Å². The maximum Gasteiger partial charge on any atom is 0.0935 e. The Bertz CT molecular complexity index is 807. The SMILES string of the molecule is CN(CCO)c1ccc(N=Nc2cccc3ccccc23)cc1. The van der Waals surface area contributed by atoms with Gasteiger partial charge < -0.3 is 10.0 Å². The summed E-state index contributed by atoms with van der Waals surface area (Å²) in [5.74, 6) is 0.